The van der Waals surface area contributed by atoms with Gasteiger partial charge >= 0.3 is 0 Å². The highest BCUT2D eigenvalue weighted by Crippen LogP contribution is 2.50. The molecule has 3 atom stereocenters. The van der Waals surface area contributed by atoms with E-state index in [2.05, 4.69) is 23.1 Å². The minimum Gasteiger partial charge on any atom is -0.491 e. The molecule has 0 radical (unpaired) electrons. The summed E-state index contributed by atoms with van der Waals surface area (Å²) in [6.45, 7) is 2.58. The summed E-state index contributed by atoms with van der Waals surface area (Å²) in [6.07, 6.45) is 1.30. The van der Waals surface area contributed by atoms with Crippen molar-refractivity contribution < 1.29 is 19.4 Å². The van der Waals surface area contributed by atoms with E-state index in [0.717, 1.165) is 36.4 Å². The lowest BCUT2D eigenvalue weighted by Crippen LogP contribution is -2.47. The molecular weight excluding hydrogens is 368 g/mol. The Morgan fingerprint density at radius 2 is 2.03 bits per heavy atom. The van der Waals surface area contributed by atoms with Gasteiger partial charge in [-0.1, -0.05) is 42.5 Å². The molecule has 1 N–H and O–H groups in total. The van der Waals surface area contributed by atoms with Gasteiger partial charge in [-0.3, -0.25) is 9.69 Å². The summed E-state index contributed by atoms with van der Waals surface area (Å²) in [5, 5.41) is 8.96. The van der Waals surface area contributed by atoms with E-state index < -0.39 is 5.72 Å². The quantitative estimate of drug-likeness (QED) is 0.815. The molecule has 2 aromatic carbocycles. The predicted octanol–water partition coefficient (Wildman–Crippen LogP) is 2.33. The second kappa shape index (κ2) is 7.44. The zero-order valence-electron chi connectivity index (χ0n) is 16.4. The molecule has 5 rings (SSSR count). The van der Waals surface area contributed by atoms with Gasteiger partial charge in [-0.15, -0.1) is 0 Å². The van der Waals surface area contributed by atoms with Crippen molar-refractivity contribution in [2.24, 2.45) is 0 Å². The largest absolute Gasteiger partial charge is 0.491 e. The molecule has 6 nitrogen and oxygen atoms in total. The number of amides is 1. The van der Waals surface area contributed by atoms with Crippen LogP contribution in [-0.2, 0) is 16.1 Å². The highest BCUT2D eigenvalue weighted by Gasteiger charge is 2.63. The Hall–Kier alpha value is -2.41. The maximum Gasteiger partial charge on any atom is 0.226 e. The van der Waals surface area contributed by atoms with E-state index in [1.165, 1.54) is 0 Å². The van der Waals surface area contributed by atoms with Crippen LogP contribution in [0.3, 0.4) is 0 Å². The SMILES string of the molecule is O=C1C[C@H]2N(Cc3cccc(OCCO)c3)CC[C@]23O[C@@H](c2ccccc2)CN13. The van der Waals surface area contributed by atoms with Crippen LogP contribution in [0.4, 0.5) is 0 Å². The fraction of sp³-hybridized carbons (Fsp3) is 0.435. The number of carbonyl (C=O) groups is 1. The number of hydrogen-bond acceptors (Lipinski definition) is 5. The first-order valence-electron chi connectivity index (χ1n) is 10.3. The van der Waals surface area contributed by atoms with E-state index >= 15 is 0 Å². The Morgan fingerprint density at radius 1 is 1.17 bits per heavy atom. The number of benzene rings is 2. The lowest BCUT2D eigenvalue weighted by molar-refractivity contribution is -0.138. The zero-order chi connectivity index (χ0) is 19.8. The number of rotatable bonds is 6. The Balaban J connectivity index is 1.34. The minimum atomic E-state index is -0.497. The number of aliphatic hydroxyl groups is 1. The topological polar surface area (TPSA) is 62.2 Å². The third-order valence-electron chi connectivity index (χ3n) is 6.35. The lowest BCUT2D eigenvalue weighted by Gasteiger charge is -2.32. The van der Waals surface area contributed by atoms with E-state index in [0.29, 0.717) is 13.0 Å². The van der Waals surface area contributed by atoms with Crippen molar-refractivity contribution in [2.75, 3.05) is 26.3 Å². The third-order valence-corrected chi connectivity index (χ3v) is 6.35. The summed E-state index contributed by atoms with van der Waals surface area (Å²) >= 11 is 0. The molecule has 3 heterocycles. The number of aliphatic hydroxyl groups excluding tert-OH is 1. The number of likely N-dealkylation sites (tertiary alicyclic amines) is 1. The van der Waals surface area contributed by atoms with Crippen LogP contribution in [0.25, 0.3) is 0 Å². The van der Waals surface area contributed by atoms with E-state index in [1.807, 2.05) is 41.3 Å². The standard InChI is InChI=1S/C23H26N2O4/c26-11-12-28-19-8-4-5-17(13-19)15-24-10-9-23-21(24)14-22(27)25(23)16-20(29-23)18-6-2-1-3-7-18/h1-8,13,20-21,26H,9-12,14-16H2/t20-,21-,23+/m1/s1. The predicted molar refractivity (Wildman–Crippen MR) is 107 cm³/mol. The van der Waals surface area contributed by atoms with E-state index in [4.69, 9.17) is 14.6 Å². The fourth-order valence-corrected chi connectivity index (χ4v) is 5.07. The number of nitrogens with zero attached hydrogens (tertiary/aromatic N) is 2. The van der Waals surface area contributed by atoms with Gasteiger partial charge in [0.1, 0.15) is 18.5 Å². The van der Waals surface area contributed by atoms with Crippen molar-refractivity contribution in [1.29, 1.82) is 0 Å². The van der Waals surface area contributed by atoms with Crippen LogP contribution in [0.5, 0.6) is 5.75 Å². The molecule has 3 aliphatic rings. The first-order valence-corrected chi connectivity index (χ1v) is 10.3. The molecule has 0 aromatic heterocycles. The van der Waals surface area contributed by atoms with E-state index in [9.17, 15) is 4.79 Å². The molecule has 1 amide bonds. The van der Waals surface area contributed by atoms with Gasteiger partial charge in [0.05, 0.1) is 19.2 Å². The summed E-state index contributed by atoms with van der Waals surface area (Å²) in [4.78, 5) is 17.1. The van der Waals surface area contributed by atoms with Crippen LogP contribution < -0.4 is 4.74 Å². The molecule has 2 aromatic rings. The van der Waals surface area contributed by atoms with Crippen molar-refractivity contribution in [2.45, 2.75) is 37.3 Å². The van der Waals surface area contributed by atoms with Crippen LogP contribution >= 0.6 is 0 Å². The van der Waals surface area contributed by atoms with Crippen molar-refractivity contribution in [3.05, 3.63) is 65.7 Å². The van der Waals surface area contributed by atoms with Gasteiger partial charge < -0.3 is 19.5 Å². The number of ether oxygens (including phenoxy) is 2. The summed E-state index contributed by atoms with van der Waals surface area (Å²) < 4.78 is 12.1. The summed E-state index contributed by atoms with van der Waals surface area (Å²) in [5.74, 6) is 0.953. The van der Waals surface area contributed by atoms with Gasteiger partial charge in [0.15, 0.2) is 5.72 Å². The van der Waals surface area contributed by atoms with Crippen molar-refractivity contribution >= 4 is 5.91 Å². The van der Waals surface area contributed by atoms with Crippen molar-refractivity contribution in [3.8, 4) is 5.75 Å². The molecule has 29 heavy (non-hydrogen) atoms. The molecule has 3 fully saturated rings. The molecule has 3 aliphatic heterocycles. The molecule has 0 saturated carbocycles. The van der Waals surface area contributed by atoms with Crippen LogP contribution in [-0.4, -0.2) is 58.9 Å². The molecular formula is C23H26N2O4. The van der Waals surface area contributed by atoms with Gasteiger partial charge in [0.25, 0.3) is 0 Å². The molecule has 6 heteroatoms. The Morgan fingerprint density at radius 3 is 2.86 bits per heavy atom. The normalized spacial score (nSPS) is 28.6. The Labute approximate surface area is 170 Å². The molecule has 1 spiro atoms. The third kappa shape index (κ3) is 3.21. The minimum absolute atomic E-state index is 0.00118. The van der Waals surface area contributed by atoms with Crippen LogP contribution in [0.2, 0.25) is 0 Å². The average Bonchev–Trinajstić information content (AvgIpc) is 3.37. The first-order chi connectivity index (χ1) is 14.2. The maximum atomic E-state index is 12.8. The average molecular weight is 394 g/mol. The smallest absolute Gasteiger partial charge is 0.226 e. The van der Waals surface area contributed by atoms with Gasteiger partial charge in [0, 0.05) is 25.9 Å². The number of hydrogen-bond donors (Lipinski definition) is 1. The molecule has 0 bridgehead atoms. The van der Waals surface area contributed by atoms with Gasteiger partial charge in [-0.25, -0.2) is 0 Å². The highest BCUT2D eigenvalue weighted by atomic mass is 16.5. The second-order valence-electron chi connectivity index (χ2n) is 8.03. The zero-order valence-corrected chi connectivity index (χ0v) is 16.4. The first kappa shape index (κ1) is 18.6. The van der Waals surface area contributed by atoms with Gasteiger partial charge in [0.2, 0.25) is 5.91 Å². The van der Waals surface area contributed by atoms with Crippen LogP contribution in [0.1, 0.15) is 30.1 Å². The number of carbonyl (C=O) groups excluding carboxylic acids is 1. The van der Waals surface area contributed by atoms with Crippen LogP contribution in [0, 0.1) is 0 Å². The Bertz CT molecular complexity index is 889. The van der Waals surface area contributed by atoms with Crippen molar-refractivity contribution in [1.82, 2.24) is 9.80 Å². The molecule has 152 valence electrons. The fourth-order valence-electron chi connectivity index (χ4n) is 5.07. The molecule has 0 aliphatic carbocycles. The maximum absolute atomic E-state index is 12.8. The van der Waals surface area contributed by atoms with Crippen LogP contribution in [0.15, 0.2) is 54.6 Å². The van der Waals surface area contributed by atoms with Gasteiger partial charge in [-0.05, 0) is 23.3 Å². The monoisotopic (exact) mass is 394 g/mol. The van der Waals surface area contributed by atoms with E-state index in [-0.39, 0.29) is 31.3 Å². The van der Waals surface area contributed by atoms with E-state index in [1.54, 1.807) is 0 Å². The Kier molecular flexibility index (Phi) is 4.78. The molecule has 0 unspecified atom stereocenters. The lowest BCUT2D eigenvalue weighted by atomic mass is 10.1. The summed E-state index contributed by atoms with van der Waals surface area (Å²) in [5.41, 5.74) is 1.78. The van der Waals surface area contributed by atoms with Crippen molar-refractivity contribution in [3.63, 3.8) is 0 Å². The van der Waals surface area contributed by atoms with Gasteiger partial charge in [-0.2, -0.15) is 0 Å². The summed E-state index contributed by atoms with van der Waals surface area (Å²) in [6, 6.07) is 18.2. The second-order valence-corrected chi connectivity index (χ2v) is 8.03. The summed E-state index contributed by atoms with van der Waals surface area (Å²) in [7, 11) is 0. The molecule has 3 saturated heterocycles. The highest BCUT2D eigenvalue weighted by molar-refractivity contribution is 5.81.